The molecule has 34 heavy (non-hydrogen) atoms. The van der Waals surface area contributed by atoms with Gasteiger partial charge in [0.05, 0.1) is 0 Å². The molecule has 0 bridgehead atoms. The molecule has 160 valence electrons. The van der Waals surface area contributed by atoms with E-state index in [4.69, 9.17) is 15.3 Å². The highest BCUT2D eigenvalue weighted by Gasteiger charge is 2.10. The SMILES string of the molecule is c1ccc(-n2n[n+](-c3ccccc3)[n-]c2=Nc2ccc3ccc4cccc5ccc2c3c45)cc1. The first-order chi connectivity index (χ1) is 16.8. The van der Waals surface area contributed by atoms with Crippen LogP contribution in [0.1, 0.15) is 0 Å². The van der Waals surface area contributed by atoms with Crippen LogP contribution in [0, 0.1) is 0 Å². The van der Waals surface area contributed by atoms with Crippen LogP contribution < -0.4 is 15.5 Å². The number of hydrogen-bond donors (Lipinski definition) is 0. The van der Waals surface area contributed by atoms with Crippen molar-refractivity contribution >= 4 is 38.0 Å². The minimum absolute atomic E-state index is 0.519. The van der Waals surface area contributed by atoms with E-state index in [1.807, 2.05) is 60.7 Å². The Morgan fingerprint density at radius 3 is 2.03 bits per heavy atom. The lowest BCUT2D eigenvalue weighted by atomic mass is 9.94. The molecule has 7 rings (SSSR count). The molecule has 0 atom stereocenters. The van der Waals surface area contributed by atoms with E-state index < -0.39 is 0 Å². The maximum atomic E-state index is 5.04. The summed E-state index contributed by atoms with van der Waals surface area (Å²) < 4.78 is 1.78. The van der Waals surface area contributed by atoms with Crippen LogP contribution in [0.25, 0.3) is 43.7 Å². The fraction of sp³-hybridized carbons (Fsp3) is 0. The van der Waals surface area contributed by atoms with E-state index >= 15 is 0 Å². The average molecular weight is 438 g/mol. The molecule has 0 aliphatic rings. The highest BCUT2D eigenvalue weighted by molar-refractivity contribution is 6.24. The van der Waals surface area contributed by atoms with Crippen LogP contribution in [0.5, 0.6) is 0 Å². The Kier molecular flexibility index (Phi) is 4.08. The molecule has 5 nitrogen and oxygen atoms in total. The third-order valence-corrected chi connectivity index (χ3v) is 6.26. The highest BCUT2D eigenvalue weighted by atomic mass is 15.6. The smallest absolute Gasteiger partial charge is 0.156 e. The lowest BCUT2D eigenvalue weighted by Crippen LogP contribution is -2.40. The Hall–Kier alpha value is -4.77. The summed E-state index contributed by atoms with van der Waals surface area (Å²) in [4.78, 5) is 6.66. The molecule has 0 amide bonds. The van der Waals surface area contributed by atoms with Gasteiger partial charge in [-0.15, -0.1) is 15.1 Å². The van der Waals surface area contributed by atoms with Gasteiger partial charge in [-0.2, -0.15) is 0 Å². The van der Waals surface area contributed by atoms with Crippen molar-refractivity contribution in [3.05, 3.63) is 121 Å². The van der Waals surface area contributed by atoms with Crippen molar-refractivity contribution in [3.63, 3.8) is 0 Å². The van der Waals surface area contributed by atoms with Crippen molar-refractivity contribution in [1.82, 2.24) is 15.0 Å². The van der Waals surface area contributed by atoms with Crippen LogP contribution in [-0.2, 0) is 0 Å². The molecule has 0 spiro atoms. The van der Waals surface area contributed by atoms with Gasteiger partial charge in [-0.3, -0.25) is 4.68 Å². The first-order valence-electron chi connectivity index (χ1n) is 11.2. The zero-order chi connectivity index (χ0) is 22.5. The van der Waals surface area contributed by atoms with Crippen molar-refractivity contribution < 1.29 is 4.80 Å². The number of rotatable bonds is 3. The first kappa shape index (κ1) is 18.8. The van der Waals surface area contributed by atoms with Gasteiger partial charge in [0.15, 0.2) is 5.69 Å². The molecule has 0 radical (unpaired) electrons. The Morgan fingerprint density at radius 1 is 0.618 bits per heavy atom. The summed E-state index contributed by atoms with van der Waals surface area (Å²) in [6, 6.07) is 39.2. The van der Waals surface area contributed by atoms with Gasteiger partial charge < -0.3 is 4.99 Å². The quantitative estimate of drug-likeness (QED) is 0.281. The van der Waals surface area contributed by atoms with Crippen molar-refractivity contribution in [2.45, 2.75) is 0 Å². The van der Waals surface area contributed by atoms with Gasteiger partial charge in [-0.05, 0) is 62.6 Å². The Balaban J connectivity index is 1.52. The maximum Gasteiger partial charge on any atom is 0.156 e. The van der Waals surface area contributed by atoms with Gasteiger partial charge in [-0.1, -0.05) is 84.9 Å². The molecule has 0 unspecified atom stereocenters. The molecule has 0 saturated carbocycles. The monoisotopic (exact) mass is 437 g/mol. The third-order valence-electron chi connectivity index (χ3n) is 6.26. The van der Waals surface area contributed by atoms with Gasteiger partial charge in [0.1, 0.15) is 5.62 Å². The molecule has 0 fully saturated rings. The fourth-order valence-electron chi connectivity index (χ4n) is 4.67. The minimum Gasteiger partial charge on any atom is -0.318 e. The van der Waals surface area contributed by atoms with E-state index in [2.05, 4.69) is 54.6 Å². The predicted octanol–water partition coefficient (Wildman–Crippen LogP) is 5.24. The molecular weight excluding hydrogens is 418 g/mol. The summed E-state index contributed by atoms with van der Waals surface area (Å²) >= 11 is 0. The highest BCUT2D eigenvalue weighted by Crippen LogP contribution is 2.38. The van der Waals surface area contributed by atoms with Gasteiger partial charge in [0, 0.05) is 11.4 Å². The Bertz CT molecular complexity index is 1830. The van der Waals surface area contributed by atoms with Crippen LogP contribution in [0.2, 0.25) is 0 Å². The summed E-state index contributed by atoms with van der Waals surface area (Å²) in [7, 11) is 0. The lowest BCUT2D eigenvalue weighted by molar-refractivity contribution is -0.723. The van der Waals surface area contributed by atoms with E-state index in [1.54, 1.807) is 9.48 Å². The van der Waals surface area contributed by atoms with Crippen molar-refractivity contribution in [2.24, 2.45) is 4.99 Å². The first-order valence-corrected chi connectivity index (χ1v) is 11.2. The van der Waals surface area contributed by atoms with Gasteiger partial charge >= 0.3 is 0 Å². The van der Waals surface area contributed by atoms with Crippen molar-refractivity contribution in [3.8, 4) is 11.4 Å². The Labute approximate surface area is 195 Å². The number of tetrazole rings is 1. The second kappa shape index (κ2) is 7.39. The minimum atomic E-state index is 0.519. The van der Waals surface area contributed by atoms with E-state index in [-0.39, 0.29) is 0 Å². The summed E-state index contributed by atoms with van der Waals surface area (Å²) in [5.74, 6) is 0. The molecule has 0 N–H and O–H groups in total. The van der Waals surface area contributed by atoms with E-state index in [1.165, 1.54) is 26.9 Å². The summed E-state index contributed by atoms with van der Waals surface area (Å²) in [6.07, 6.45) is 0. The average Bonchev–Trinajstić information content (AvgIpc) is 3.33. The van der Waals surface area contributed by atoms with Crippen LogP contribution >= 0.6 is 0 Å². The second-order valence-corrected chi connectivity index (χ2v) is 8.31. The fourth-order valence-corrected chi connectivity index (χ4v) is 4.67. The summed E-state index contributed by atoms with van der Waals surface area (Å²) in [5, 5.41) is 16.8. The number of aromatic nitrogens is 4. The van der Waals surface area contributed by atoms with Crippen LogP contribution in [-0.4, -0.2) is 9.90 Å². The van der Waals surface area contributed by atoms with Crippen molar-refractivity contribution in [2.75, 3.05) is 0 Å². The number of para-hydroxylation sites is 2. The zero-order valence-electron chi connectivity index (χ0n) is 18.2. The van der Waals surface area contributed by atoms with Crippen molar-refractivity contribution in [1.29, 1.82) is 0 Å². The van der Waals surface area contributed by atoms with Gasteiger partial charge in [0.2, 0.25) is 0 Å². The molecule has 0 aliphatic carbocycles. The number of benzene rings is 6. The Morgan fingerprint density at radius 2 is 1.26 bits per heavy atom. The third kappa shape index (κ3) is 2.91. The molecule has 1 heterocycles. The number of nitrogens with zero attached hydrogens (tertiary/aromatic N) is 5. The number of hydrogen-bond acceptors (Lipinski definition) is 2. The molecule has 0 aliphatic heterocycles. The van der Waals surface area contributed by atoms with E-state index in [9.17, 15) is 0 Å². The normalized spacial score (nSPS) is 12.3. The van der Waals surface area contributed by atoms with Gasteiger partial charge in [0.25, 0.3) is 0 Å². The second-order valence-electron chi connectivity index (χ2n) is 8.31. The molecule has 0 saturated heterocycles. The lowest BCUT2D eigenvalue weighted by Gasteiger charge is -2.13. The topological polar surface area (TPSA) is 48.2 Å². The molecular formula is C29H19N5. The zero-order valence-corrected chi connectivity index (χ0v) is 18.2. The standard InChI is InChI=1S/C29H19N5/c1-3-10-23(11-4-1)33-29(31-34(32-33)24-12-5-2-6-13-24)30-26-19-17-22-15-14-20-8-7-9-21-16-18-25(26)28(22)27(20)21/h1-19H. The molecule has 1 aromatic heterocycles. The summed E-state index contributed by atoms with van der Waals surface area (Å²) in [6.45, 7) is 0. The molecule has 5 heteroatoms. The maximum absolute atomic E-state index is 5.04. The van der Waals surface area contributed by atoms with Gasteiger partial charge in [-0.25, -0.2) is 0 Å². The predicted molar refractivity (Wildman–Crippen MR) is 134 cm³/mol. The largest absolute Gasteiger partial charge is 0.318 e. The van der Waals surface area contributed by atoms with E-state index in [0.29, 0.717) is 5.62 Å². The molecule has 7 aromatic rings. The van der Waals surface area contributed by atoms with Crippen LogP contribution in [0.4, 0.5) is 5.69 Å². The van der Waals surface area contributed by atoms with E-state index in [0.717, 1.165) is 22.4 Å². The summed E-state index contributed by atoms with van der Waals surface area (Å²) in [5.41, 5.74) is 3.17. The molecule has 6 aromatic carbocycles. The van der Waals surface area contributed by atoms with Crippen LogP contribution in [0.15, 0.2) is 120 Å². The van der Waals surface area contributed by atoms with Crippen LogP contribution in [0.3, 0.4) is 0 Å².